The van der Waals surface area contributed by atoms with Crippen LogP contribution in [0.4, 0.5) is 5.69 Å². The molecule has 0 saturated heterocycles. The number of hydrogen-bond acceptors (Lipinski definition) is 5. The summed E-state index contributed by atoms with van der Waals surface area (Å²) in [6, 6.07) is 11.3. The van der Waals surface area contributed by atoms with Crippen LogP contribution in [0.15, 0.2) is 53.8 Å². The van der Waals surface area contributed by atoms with E-state index in [1.807, 2.05) is 37.3 Å². The normalized spacial score (nSPS) is 16.4. The van der Waals surface area contributed by atoms with Crippen molar-refractivity contribution in [2.24, 2.45) is 10.9 Å². The summed E-state index contributed by atoms with van der Waals surface area (Å²) >= 11 is 0. The van der Waals surface area contributed by atoms with Crippen LogP contribution in [-0.2, 0) is 11.4 Å². The average Bonchev–Trinajstić information content (AvgIpc) is 3.06. The highest BCUT2D eigenvalue weighted by atomic mass is 16.6. The number of hydroxylamine groups is 1. The number of para-hydroxylation sites is 1. The molecule has 1 aromatic heterocycles. The first kappa shape index (κ1) is 17.1. The van der Waals surface area contributed by atoms with Gasteiger partial charge in [0, 0.05) is 42.8 Å². The van der Waals surface area contributed by atoms with Crippen molar-refractivity contribution in [3.05, 3.63) is 59.9 Å². The third kappa shape index (κ3) is 4.87. The first-order valence-corrected chi connectivity index (χ1v) is 8.36. The van der Waals surface area contributed by atoms with Gasteiger partial charge in [-0.2, -0.15) is 0 Å². The van der Waals surface area contributed by atoms with Crippen molar-refractivity contribution in [2.75, 3.05) is 18.5 Å². The number of benzene rings is 1. The summed E-state index contributed by atoms with van der Waals surface area (Å²) in [5, 5.41) is 3.29. The molecule has 25 heavy (non-hydrogen) atoms. The molecule has 0 fully saturated rings. The maximum Gasteiger partial charge on any atom is 0.276 e. The molecule has 1 aromatic carbocycles. The van der Waals surface area contributed by atoms with Crippen LogP contribution in [0.1, 0.15) is 29.3 Å². The molecular formula is C19H22N4O2. The van der Waals surface area contributed by atoms with Gasteiger partial charge >= 0.3 is 0 Å². The van der Waals surface area contributed by atoms with E-state index in [0.717, 1.165) is 29.9 Å². The Balaban J connectivity index is 1.53. The molecule has 1 atom stereocenters. The van der Waals surface area contributed by atoms with Gasteiger partial charge in [-0.25, -0.2) is 5.48 Å². The largest absolute Gasteiger partial charge is 0.380 e. The smallest absolute Gasteiger partial charge is 0.276 e. The lowest BCUT2D eigenvalue weighted by atomic mass is 10.1. The Labute approximate surface area is 147 Å². The number of nitrogens with zero attached hydrogens (tertiary/aromatic N) is 2. The van der Waals surface area contributed by atoms with E-state index in [-0.39, 0.29) is 5.91 Å². The molecule has 0 radical (unpaired) electrons. The predicted molar refractivity (Wildman–Crippen MR) is 97.5 cm³/mol. The molecule has 2 heterocycles. The molecule has 6 nitrogen and oxygen atoms in total. The van der Waals surface area contributed by atoms with Crippen molar-refractivity contribution in [3.8, 4) is 0 Å². The van der Waals surface area contributed by atoms with E-state index in [1.54, 1.807) is 18.5 Å². The molecule has 1 aliphatic rings. The first-order valence-electron chi connectivity index (χ1n) is 8.36. The van der Waals surface area contributed by atoms with Crippen molar-refractivity contribution in [3.63, 3.8) is 0 Å². The zero-order valence-corrected chi connectivity index (χ0v) is 14.2. The zero-order chi connectivity index (χ0) is 17.5. The van der Waals surface area contributed by atoms with Gasteiger partial charge in [-0.1, -0.05) is 12.1 Å². The molecule has 2 aromatic rings. The summed E-state index contributed by atoms with van der Waals surface area (Å²) in [4.78, 5) is 26.1. The molecule has 0 saturated carbocycles. The average molecular weight is 338 g/mol. The number of carbonyl (C=O) groups excluding carboxylic acids is 1. The van der Waals surface area contributed by atoms with Crippen LogP contribution in [0.5, 0.6) is 0 Å². The maximum absolute atomic E-state index is 12.4. The van der Waals surface area contributed by atoms with Gasteiger partial charge in [0.1, 0.15) is 0 Å². The van der Waals surface area contributed by atoms with Gasteiger partial charge in [0.15, 0.2) is 0 Å². The molecule has 1 unspecified atom stereocenters. The van der Waals surface area contributed by atoms with Gasteiger partial charge in [0.2, 0.25) is 0 Å². The number of aromatic nitrogens is 1. The SMILES string of the molecule is CC1=NCC(CONC(=O)c2ccccc2NCc2ccncc2)C1. The second-order valence-electron chi connectivity index (χ2n) is 6.14. The molecule has 0 spiro atoms. The van der Waals surface area contributed by atoms with E-state index < -0.39 is 0 Å². The Morgan fingerprint density at radius 1 is 1.24 bits per heavy atom. The van der Waals surface area contributed by atoms with Gasteiger partial charge in [-0.3, -0.25) is 19.6 Å². The molecule has 1 amide bonds. The minimum Gasteiger partial charge on any atom is -0.380 e. The molecule has 0 bridgehead atoms. The van der Waals surface area contributed by atoms with Crippen molar-refractivity contribution in [1.82, 2.24) is 10.5 Å². The van der Waals surface area contributed by atoms with Crippen LogP contribution in [-0.4, -0.2) is 29.8 Å². The highest BCUT2D eigenvalue weighted by Gasteiger charge is 2.17. The summed E-state index contributed by atoms with van der Waals surface area (Å²) in [7, 11) is 0. The molecule has 0 aliphatic carbocycles. The summed E-state index contributed by atoms with van der Waals surface area (Å²) in [6.45, 7) is 3.88. The lowest BCUT2D eigenvalue weighted by Gasteiger charge is -2.13. The van der Waals surface area contributed by atoms with E-state index >= 15 is 0 Å². The second-order valence-corrected chi connectivity index (χ2v) is 6.14. The number of aliphatic imine (C=N–C) groups is 1. The van der Waals surface area contributed by atoms with Crippen molar-refractivity contribution in [2.45, 2.75) is 19.9 Å². The molecular weight excluding hydrogens is 316 g/mol. The molecule has 3 rings (SSSR count). The minimum absolute atomic E-state index is 0.256. The maximum atomic E-state index is 12.4. The topological polar surface area (TPSA) is 75.6 Å². The number of amides is 1. The van der Waals surface area contributed by atoms with Crippen LogP contribution in [0.2, 0.25) is 0 Å². The highest BCUT2D eigenvalue weighted by Crippen LogP contribution is 2.17. The molecule has 2 N–H and O–H groups in total. The number of rotatable bonds is 7. The molecule has 1 aliphatic heterocycles. The quantitative estimate of drug-likeness (QED) is 0.761. The van der Waals surface area contributed by atoms with E-state index in [0.29, 0.717) is 24.6 Å². The lowest BCUT2D eigenvalue weighted by molar-refractivity contribution is 0.0193. The second kappa shape index (κ2) is 8.39. The van der Waals surface area contributed by atoms with Crippen molar-refractivity contribution in [1.29, 1.82) is 0 Å². The van der Waals surface area contributed by atoms with E-state index in [9.17, 15) is 4.79 Å². The lowest BCUT2D eigenvalue weighted by Crippen LogP contribution is -2.27. The fraction of sp³-hybridized carbons (Fsp3) is 0.316. The third-order valence-electron chi connectivity index (χ3n) is 4.09. The van der Waals surface area contributed by atoms with Crippen molar-refractivity contribution >= 4 is 17.3 Å². The Hall–Kier alpha value is -2.73. The number of nitrogens with one attached hydrogen (secondary N) is 2. The van der Waals surface area contributed by atoms with E-state index in [1.165, 1.54) is 0 Å². The predicted octanol–water partition coefficient (Wildman–Crippen LogP) is 2.84. The van der Waals surface area contributed by atoms with Crippen LogP contribution >= 0.6 is 0 Å². The standard InChI is InChI=1S/C19H22N4O2/c1-14-10-16(12-21-14)13-25-23-19(24)17-4-2-3-5-18(17)22-11-15-6-8-20-9-7-15/h2-9,16,22H,10-13H2,1H3,(H,23,24). The van der Waals surface area contributed by atoms with Crippen LogP contribution in [0.3, 0.4) is 0 Å². The first-order chi connectivity index (χ1) is 12.2. The fourth-order valence-corrected chi connectivity index (χ4v) is 2.76. The van der Waals surface area contributed by atoms with Crippen molar-refractivity contribution < 1.29 is 9.63 Å². The number of anilines is 1. The molecule has 130 valence electrons. The third-order valence-corrected chi connectivity index (χ3v) is 4.09. The van der Waals surface area contributed by atoms with Gasteiger partial charge < -0.3 is 5.32 Å². The Bertz CT molecular complexity index is 746. The van der Waals surface area contributed by atoms with E-state index in [2.05, 4.69) is 20.8 Å². The van der Waals surface area contributed by atoms with Crippen LogP contribution in [0, 0.1) is 5.92 Å². The zero-order valence-electron chi connectivity index (χ0n) is 14.2. The number of carbonyl (C=O) groups is 1. The number of hydrogen-bond donors (Lipinski definition) is 2. The summed E-state index contributed by atoms with van der Waals surface area (Å²) in [5.41, 5.74) is 6.09. The summed E-state index contributed by atoms with van der Waals surface area (Å²) in [5.74, 6) is 0.0915. The van der Waals surface area contributed by atoms with Crippen LogP contribution < -0.4 is 10.8 Å². The Morgan fingerprint density at radius 2 is 2.04 bits per heavy atom. The van der Waals surface area contributed by atoms with Gasteiger partial charge in [-0.15, -0.1) is 0 Å². The van der Waals surface area contributed by atoms with Gasteiger partial charge in [-0.05, 0) is 43.2 Å². The Morgan fingerprint density at radius 3 is 2.80 bits per heavy atom. The monoisotopic (exact) mass is 338 g/mol. The number of pyridine rings is 1. The minimum atomic E-state index is -0.256. The van der Waals surface area contributed by atoms with E-state index in [4.69, 9.17) is 4.84 Å². The van der Waals surface area contributed by atoms with Gasteiger partial charge in [0.05, 0.1) is 12.2 Å². The fourth-order valence-electron chi connectivity index (χ4n) is 2.76. The van der Waals surface area contributed by atoms with Gasteiger partial charge in [0.25, 0.3) is 5.91 Å². The summed E-state index contributed by atoms with van der Waals surface area (Å²) < 4.78 is 0. The van der Waals surface area contributed by atoms with Crippen LogP contribution in [0.25, 0.3) is 0 Å². The highest BCUT2D eigenvalue weighted by molar-refractivity contribution is 5.99. The Kier molecular flexibility index (Phi) is 5.74. The molecule has 6 heteroatoms. The summed E-state index contributed by atoms with van der Waals surface area (Å²) in [6.07, 6.45) is 4.43.